The van der Waals surface area contributed by atoms with E-state index in [1.54, 1.807) is 0 Å². The average Bonchev–Trinajstić information content (AvgIpc) is 2.64. The van der Waals surface area contributed by atoms with E-state index in [-0.39, 0.29) is 0 Å². The zero-order chi connectivity index (χ0) is 16.8. The SMILES string of the molecule is Cc1ccc(C=C(CC(C)c2ccccc2)c2ccccc2)cc1. The highest BCUT2D eigenvalue weighted by molar-refractivity contribution is 5.81. The van der Waals surface area contributed by atoms with Crippen LogP contribution in [0.2, 0.25) is 0 Å². The van der Waals surface area contributed by atoms with Crippen molar-refractivity contribution >= 4 is 11.6 Å². The van der Waals surface area contributed by atoms with Crippen LogP contribution < -0.4 is 0 Å². The van der Waals surface area contributed by atoms with Gasteiger partial charge in [-0.25, -0.2) is 0 Å². The molecule has 3 aromatic carbocycles. The lowest BCUT2D eigenvalue weighted by Gasteiger charge is -2.15. The lowest BCUT2D eigenvalue weighted by molar-refractivity contribution is 0.793. The Morgan fingerprint density at radius 3 is 2.00 bits per heavy atom. The van der Waals surface area contributed by atoms with Crippen LogP contribution >= 0.6 is 0 Å². The van der Waals surface area contributed by atoms with Crippen molar-refractivity contribution in [2.24, 2.45) is 0 Å². The molecular formula is C24H24. The minimum absolute atomic E-state index is 0.489. The van der Waals surface area contributed by atoms with Gasteiger partial charge in [0.25, 0.3) is 0 Å². The molecule has 0 heteroatoms. The smallest absolute Gasteiger partial charge is 0.0150 e. The van der Waals surface area contributed by atoms with Gasteiger partial charge < -0.3 is 0 Å². The summed E-state index contributed by atoms with van der Waals surface area (Å²) in [4.78, 5) is 0. The molecule has 0 radical (unpaired) electrons. The predicted molar refractivity (Wildman–Crippen MR) is 105 cm³/mol. The van der Waals surface area contributed by atoms with Crippen LogP contribution in [0, 0.1) is 6.92 Å². The second kappa shape index (κ2) is 7.79. The molecule has 120 valence electrons. The second-order valence-corrected chi connectivity index (χ2v) is 6.46. The van der Waals surface area contributed by atoms with Crippen LogP contribution in [0.5, 0.6) is 0 Å². The Kier molecular flexibility index (Phi) is 5.28. The molecule has 0 aliphatic carbocycles. The summed E-state index contributed by atoms with van der Waals surface area (Å²) in [7, 11) is 0. The van der Waals surface area contributed by atoms with E-state index in [0.29, 0.717) is 5.92 Å². The Morgan fingerprint density at radius 2 is 1.38 bits per heavy atom. The maximum absolute atomic E-state index is 2.33. The Bertz CT molecular complexity index is 780. The fourth-order valence-corrected chi connectivity index (χ4v) is 3.01. The van der Waals surface area contributed by atoms with Crippen molar-refractivity contribution in [2.75, 3.05) is 0 Å². The summed E-state index contributed by atoms with van der Waals surface area (Å²) in [6.07, 6.45) is 3.36. The van der Waals surface area contributed by atoms with Gasteiger partial charge in [0.15, 0.2) is 0 Å². The minimum atomic E-state index is 0.489. The zero-order valence-electron chi connectivity index (χ0n) is 14.4. The number of aryl methyl sites for hydroxylation is 1. The van der Waals surface area contributed by atoms with Crippen LogP contribution in [0.15, 0.2) is 84.9 Å². The number of hydrogen-bond acceptors (Lipinski definition) is 0. The molecule has 0 heterocycles. The van der Waals surface area contributed by atoms with E-state index in [0.717, 1.165) is 6.42 Å². The number of allylic oxidation sites excluding steroid dienone is 1. The highest BCUT2D eigenvalue weighted by atomic mass is 14.1. The van der Waals surface area contributed by atoms with Crippen LogP contribution in [0.1, 0.15) is 41.5 Å². The largest absolute Gasteiger partial charge is 0.0622 e. The second-order valence-electron chi connectivity index (χ2n) is 6.46. The first-order valence-electron chi connectivity index (χ1n) is 8.60. The third-order valence-corrected chi connectivity index (χ3v) is 4.46. The van der Waals surface area contributed by atoms with E-state index in [1.807, 2.05) is 0 Å². The molecule has 3 rings (SSSR count). The first-order valence-corrected chi connectivity index (χ1v) is 8.60. The van der Waals surface area contributed by atoms with Crippen LogP contribution in [-0.4, -0.2) is 0 Å². The van der Waals surface area contributed by atoms with Gasteiger partial charge in [-0.3, -0.25) is 0 Å². The van der Waals surface area contributed by atoms with Gasteiger partial charge in [0, 0.05) is 0 Å². The monoisotopic (exact) mass is 312 g/mol. The van der Waals surface area contributed by atoms with Gasteiger partial charge in [0.1, 0.15) is 0 Å². The first kappa shape index (κ1) is 16.3. The summed E-state index contributed by atoms with van der Waals surface area (Å²) in [5.41, 5.74) is 6.64. The molecule has 1 atom stereocenters. The molecular weight excluding hydrogens is 288 g/mol. The Labute approximate surface area is 145 Å². The maximum atomic E-state index is 2.33. The average molecular weight is 312 g/mol. The van der Waals surface area contributed by atoms with Crippen LogP contribution in [-0.2, 0) is 0 Å². The van der Waals surface area contributed by atoms with Crippen LogP contribution in [0.3, 0.4) is 0 Å². The van der Waals surface area contributed by atoms with Crippen molar-refractivity contribution in [3.05, 3.63) is 107 Å². The zero-order valence-corrected chi connectivity index (χ0v) is 14.4. The molecule has 0 fully saturated rings. The molecule has 0 aromatic heterocycles. The highest BCUT2D eigenvalue weighted by Gasteiger charge is 2.10. The molecule has 3 aromatic rings. The standard InChI is InChI=1S/C24H24/c1-19-13-15-21(16-14-19)18-24(23-11-7-4-8-12-23)17-20(2)22-9-5-3-6-10-22/h3-16,18,20H,17H2,1-2H3. The molecule has 0 aliphatic heterocycles. The fourth-order valence-electron chi connectivity index (χ4n) is 3.01. The Hall–Kier alpha value is -2.60. The first-order chi connectivity index (χ1) is 11.7. The van der Waals surface area contributed by atoms with Gasteiger partial charge in [0.2, 0.25) is 0 Å². The Balaban J connectivity index is 1.92. The topological polar surface area (TPSA) is 0 Å². The van der Waals surface area contributed by atoms with Gasteiger partial charge in [-0.2, -0.15) is 0 Å². The van der Waals surface area contributed by atoms with E-state index >= 15 is 0 Å². The summed E-state index contributed by atoms with van der Waals surface area (Å²) in [5, 5.41) is 0. The van der Waals surface area contributed by atoms with E-state index in [9.17, 15) is 0 Å². The molecule has 0 nitrogen and oxygen atoms in total. The van der Waals surface area contributed by atoms with Crippen molar-refractivity contribution in [3.63, 3.8) is 0 Å². The predicted octanol–water partition coefficient (Wildman–Crippen LogP) is 6.73. The molecule has 0 bridgehead atoms. The third-order valence-electron chi connectivity index (χ3n) is 4.46. The molecule has 0 saturated carbocycles. The Morgan fingerprint density at radius 1 is 0.792 bits per heavy atom. The normalized spacial score (nSPS) is 12.8. The highest BCUT2D eigenvalue weighted by Crippen LogP contribution is 2.30. The van der Waals surface area contributed by atoms with Crippen molar-refractivity contribution in [2.45, 2.75) is 26.2 Å². The summed E-state index contributed by atoms with van der Waals surface area (Å²) in [5.74, 6) is 0.489. The van der Waals surface area contributed by atoms with Crippen LogP contribution in [0.25, 0.3) is 11.6 Å². The maximum Gasteiger partial charge on any atom is -0.0150 e. The van der Waals surface area contributed by atoms with E-state index in [4.69, 9.17) is 0 Å². The summed E-state index contributed by atoms with van der Waals surface area (Å²) >= 11 is 0. The van der Waals surface area contributed by atoms with Crippen molar-refractivity contribution < 1.29 is 0 Å². The van der Waals surface area contributed by atoms with Gasteiger partial charge in [0.05, 0.1) is 0 Å². The molecule has 1 unspecified atom stereocenters. The number of hydrogen-bond donors (Lipinski definition) is 0. The molecule has 0 N–H and O–H groups in total. The fraction of sp³-hybridized carbons (Fsp3) is 0.167. The van der Waals surface area contributed by atoms with Crippen molar-refractivity contribution in [1.82, 2.24) is 0 Å². The molecule has 0 saturated heterocycles. The van der Waals surface area contributed by atoms with Gasteiger partial charge in [-0.15, -0.1) is 0 Å². The quantitative estimate of drug-likeness (QED) is 0.458. The number of benzene rings is 3. The molecule has 24 heavy (non-hydrogen) atoms. The van der Waals surface area contributed by atoms with E-state index in [1.165, 1.54) is 27.8 Å². The van der Waals surface area contributed by atoms with Gasteiger partial charge in [-0.05, 0) is 41.5 Å². The summed E-state index contributed by atoms with van der Waals surface area (Å²) in [6.45, 7) is 4.43. The number of rotatable bonds is 5. The minimum Gasteiger partial charge on any atom is -0.0622 e. The van der Waals surface area contributed by atoms with Gasteiger partial charge in [-0.1, -0.05) is 103 Å². The molecule has 0 spiro atoms. The lowest BCUT2D eigenvalue weighted by Crippen LogP contribution is -1.96. The third kappa shape index (κ3) is 4.23. The van der Waals surface area contributed by atoms with Gasteiger partial charge >= 0.3 is 0 Å². The van der Waals surface area contributed by atoms with Crippen molar-refractivity contribution in [1.29, 1.82) is 0 Å². The van der Waals surface area contributed by atoms with E-state index < -0.39 is 0 Å². The van der Waals surface area contributed by atoms with Crippen molar-refractivity contribution in [3.8, 4) is 0 Å². The molecule has 0 amide bonds. The summed E-state index contributed by atoms with van der Waals surface area (Å²) in [6, 6.07) is 30.2. The van der Waals surface area contributed by atoms with Crippen LogP contribution in [0.4, 0.5) is 0 Å². The summed E-state index contributed by atoms with van der Waals surface area (Å²) < 4.78 is 0. The lowest BCUT2D eigenvalue weighted by atomic mass is 9.89. The van der Waals surface area contributed by atoms with E-state index in [2.05, 4.69) is 105 Å². The molecule has 0 aliphatic rings.